The Morgan fingerprint density at radius 1 is 1.00 bits per heavy atom. The van der Waals surface area contributed by atoms with Crippen LogP contribution in [0.4, 0.5) is 0 Å². The van der Waals surface area contributed by atoms with Gasteiger partial charge in [0.1, 0.15) is 0 Å². The molecule has 1 heterocycles. The van der Waals surface area contributed by atoms with Crippen molar-refractivity contribution in [1.29, 1.82) is 0 Å². The first-order valence-electron chi connectivity index (χ1n) is 3.43. The summed E-state index contributed by atoms with van der Waals surface area (Å²) in [6, 6.07) is 11.7. The van der Waals surface area contributed by atoms with Gasteiger partial charge in [-0.2, -0.15) is 0 Å². The lowest BCUT2D eigenvalue weighted by Crippen LogP contribution is -1.69. The van der Waals surface area contributed by atoms with Gasteiger partial charge in [0, 0.05) is 11.6 Å². The number of nitrogens with zero attached hydrogens (tertiary/aromatic N) is 1. The first-order valence-corrected chi connectivity index (χ1v) is 3.43. The van der Waals surface area contributed by atoms with Crippen molar-refractivity contribution < 1.29 is 4.52 Å². The van der Waals surface area contributed by atoms with E-state index in [9.17, 15) is 0 Å². The molecular weight excluding hydrogens is 265 g/mol. The largest absolute Gasteiger partial charge is 0.356 e. The van der Waals surface area contributed by atoms with Gasteiger partial charge in [0.15, 0.2) is 5.76 Å². The lowest BCUT2D eigenvalue weighted by Gasteiger charge is -1.90. The lowest BCUT2D eigenvalue weighted by atomic mass is 10.2. The van der Waals surface area contributed by atoms with Gasteiger partial charge in [-0.05, 0) is 0 Å². The maximum Gasteiger partial charge on any atom is 0.166 e. The quantitative estimate of drug-likeness (QED) is 0.746. The van der Waals surface area contributed by atoms with E-state index >= 15 is 0 Å². The zero-order chi connectivity index (χ0) is 7.52. The maximum absolute atomic E-state index is 4.97. The van der Waals surface area contributed by atoms with Crippen LogP contribution in [0, 0.1) is 0 Å². The SMILES string of the molecule is I.c1ccc(-c2ccno2)cc1. The van der Waals surface area contributed by atoms with Crippen molar-refractivity contribution in [2.24, 2.45) is 0 Å². The van der Waals surface area contributed by atoms with Crippen LogP contribution in [0.3, 0.4) is 0 Å². The molecule has 0 atom stereocenters. The summed E-state index contributed by atoms with van der Waals surface area (Å²) in [4.78, 5) is 0. The zero-order valence-corrected chi connectivity index (χ0v) is 8.64. The van der Waals surface area contributed by atoms with Crippen LogP contribution in [0.25, 0.3) is 11.3 Å². The first kappa shape index (κ1) is 9.25. The molecule has 1 aromatic heterocycles. The summed E-state index contributed by atoms with van der Waals surface area (Å²) in [6.45, 7) is 0. The Balaban J connectivity index is 0.000000720. The summed E-state index contributed by atoms with van der Waals surface area (Å²) in [6.07, 6.45) is 1.64. The molecule has 2 rings (SSSR count). The van der Waals surface area contributed by atoms with Crippen LogP contribution >= 0.6 is 24.0 Å². The third-order valence-corrected chi connectivity index (χ3v) is 1.50. The van der Waals surface area contributed by atoms with Crippen molar-refractivity contribution in [2.75, 3.05) is 0 Å². The molecule has 0 saturated carbocycles. The fourth-order valence-electron chi connectivity index (χ4n) is 0.967. The molecule has 2 nitrogen and oxygen atoms in total. The van der Waals surface area contributed by atoms with Crippen LogP contribution in [-0.4, -0.2) is 5.16 Å². The van der Waals surface area contributed by atoms with Crippen molar-refractivity contribution in [3.05, 3.63) is 42.6 Å². The van der Waals surface area contributed by atoms with E-state index in [0.717, 1.165) is 11.3 Å². The van der Waals surface area contributed by atoms with Crippen LogP contribution in [0.15, 0.2) is 47.1 Å². The van der Waals surface area contributed by atoms with E-state index in [4.69, 9.17) is 4.52 Å². The highest BCUT2D eigenvalue weighted by Gasteiger charge is 1.97. The third kappa shape index (κ3) is 1.85. The van der Waals surface area contributed by atoms with Crippen LogP contribution in [0.5, 0.6) is 0 Å². The maximum atomic E-state index is 4.97. The molecule has 1 aromatic carbocycles. The van der Waals surface area contributed by atoms with Gasteiger partial charge < -0.3 is 4.52 Å². The number of hydrogen-bond donors (Lipinski definition) is 0. The van der Waals surface area contributed by atoms with Crippen molar-refractivity contribution in [3.8, 4) is 11.3 Å². The average molecular weight is 273 g/mol. The molecule has 0 amide bonds. The van der Waals surface area contributed by atoms with Crippen LogP contribution in [-0.2, 0) is 0 Å². The van der Waals surface area contributed by atoms with Gasteiger partial charge in [0.25, 0.3) is 0 Å². The molecule has 62 valence electrons. The molecule has 3 heteroatoms. The molecule has 0 fully saturated rings. The highest BCUT2D eigenvalue weighted by molar-refractivity contribution is 14.0. The molecule has 0 N–H and O–H groups in total. The molecule has 12 heavy (non-hydrogen) atoms. The van der Waals surface area contributed by atoms with E-state index in [0.29, 0.717) is 0 Å². The summed E-state index contributed by atoms with van der Waals surface area (Å²) in [5, 5.41) is 3.62. The van der Waals surface area contributed by atoms with Gasteiger partial charge >= 0.3 is 0 Å². The zero-order valence-electron chi connectivity index (χ0n) is 6.31. The van der Waals surface area contributed by atoms with Crippen molar-refractivity contribution in [2.45, 2.75) is 0 Å². The van der Waals surface area contributed by atoms with Gasteiger partial charge in [0.2, 0.25) is 0 Å². The van der Waals surface area contributed by atoms with E-state index in [-0.39, 0.29) is 24.0 Å². The van der Waals surface area contributed by atoms with Crippen molar-refractivity contribution in [1.82, 2.24) is 5.16 Å². The van der Waals surface area contributed by atoms with Crippen LogP contribution in [0.2, 0.25) is 0 Å². The Kier molecular flexibility index (Phi) is 3.28. The number of rotatable bonds is 1. The minimum Gasteiger partial charge on any atom is -0.356 e. The molecule has 0 spiro atoms. The Morgan fingerprint density at radius 2 is 1.75 bits per heavy atom. The minimum atomic E-state index is 0. The van der Waals surface area contributed by atoms with E-state index in [1.165, 1.54) is 0 Å². The first-order chi connectivity index (χ1) is 5.47. The van der Waals surface area contributed by atoms with Crippen molar-refractivity contribution >= 4 is 24.0 Å². The summed E-state index contributed by atoms with van der Waals surface area (Å²) in [5.74, 6) is 0.811. The number of hydrogen-bond acceptors (Lipinski definition) is 2. The van der Waals surface area contributed by atoms with Gasteiger partial charge in [0.05, 0.1) is 6.20 Å². The second-order valence-electron chi connectivity index (χ2n) is 2.24. The normalized spacial score (nSPS) is 9.00. The number of aromatic nitrogens is 1. The third-order valence-electron chi connectivity index (χ3n) is 1.50. The Hall–Kier alpha value is -0.840. The molecule has 0 radical (unpaired) electrons. The second-order valence-corrected chi connectivity index (χ2v) is 2.24. The highest BCUT2D eigenvalue weighted by Crippen LogP contribution is 2.16. The number of halogens is 1. The number of benzene rings is 1. The van der Waals surface area contributed by atoms with E-state index in [2.05, 4.69) is 5.16 Å². The Morgan fingerprint density at radius 3 is 2.33 bits per heavy atom. The lowest BCUT2D eigenvalue weighted by molar-refractivity contribution is 0.432. The fraction of sp³-hybridized carbons (Fsp3) is 0. The predicted octanol–water partition coefficient (Wildman–Crippen LogP) is 2.96. The van der Waals surface area contributed by atoms with Gasteiger partial charge in [-0.3, -0.25) is 0 Å². The van der Waals surface area contributed by atoms with Crippen LogP contribution < -0.4 is 0 Å². The smallest absolute Gasteiger partial charge is 0.166 e. The Bertz CT molecular complexity index is 318. The molecule has 0 aliphatic heterocycles. The van der Waals surface area contributed by atoms with Crippen molar-refractivity contribution in [3.63, 3.8) is 0 Å². The van der Waals surface area contributed by atoms with Gasteiger partial charge in [-0.15, -0.1) is 24.0 Å². The second kappa shape index (κ2) is 4.25. The molecule has 2 aromatic rings. The standard InChI is InChI=1S/C9H7NO.HI/c1-2-4-8(5-3-1)9-6-7-10-11-9;/h1-7H;1H. The summed E-state index contributed by atoms with van der Waals surface area (Å²) < 4.78 is 4.97. The molecule has 0 aliphatic carbocycles. The molecule has 0 unspecified atom stereocenters. The molecule has 0 aliphatic rings. The monoisotopic (exact) mass is 273 g/mol. The Labute approximate surface area is 87.6 Å². The van der Waals surface area contributed by atoms with Crippen LogP contribution in [0.1, 0.15) is 0 Å². The summed E-state index contributed by atoms with van der Waals surface area (Å²) in [7, 11) is 0. The topological polar surface area (TPSA) is 26.0 Å². The fourth-order valence-corrected chi connectivity index (χ4v) is 0.967. The summed E-state index contributed by atoms with van der Waals surface area (Å²) >= 11 is 0. The molecule has 0 saturated heterocycles. The van der Waals surface area contributed by atoms with E-state index in [1.807, 2.05) is 36.4 Å². The van der Waals surface area contributed by atoms with E-state index < -0.39 is 0 Å². The minimum absolute atomic E-state index is 0. The average Bonchev–Trinajstić information content (AvgIpc) is 2.58. The molecular formula is C9H8INO. The van der Waals surface area contributed by atoms with Gasteiger partial charge in [-0.25, -0.2) is 0 Å². The molecule has 0 bridgehead atoms. The summed E-state index contributed by atoms with van der Waals surface area (Å²) in [5.41, 5.74) is 1.06. The highest BCUT2D eigenvalue weighted by atomic mass is 127. The predicted molar refractivity (Wildman–Crippen MR) is 57.4 cm³/mol. The van der Waals surface area contributed by atoms with E-state index in [1.54, 1.807) is 6.20 Å². The van der Waals surface area contributed by atoms with Gasteiger partial charge in [-0.1, -0.05) is 35.5 Å².